The third kappa shape index (κ3) is 2.68. The minimum absolute atomic E-state index is 0.225. The van der Waals surface area contributed by atoms with Gasteiger partial charge in [-0.3, -0.25) is 0 Å². The van der Waals surface area contributed by atoms with Crippen molar-refractivity contribution in [1.29, 1.82) is 0 Å². The van der Waals surface area contributed by atoms with E-state index >= 15 is 0 Å². The maximum Gasteiger partial charge on any atom is 0.134 e. The summed E-state index contributed by atoms with van der Waals surface area (Å²) in [5, 5.41) is 0. The van der Waals surface area contributed by atoms with Crippen LogP contribution in [0.3, 0.4) is 0 Å². The number of rotatable bonds is 2. The summed E-state index contributed by atoms with van der Waals surface area (Å²) in [5.41, 5.74) is 4.26. The molecule has 1 aliphatic heterocycles. The van der Waals surface area contributed by atoms with Gasteiger partial charge in [0, 0.05) is 24.9 Å². The fourth-order valence-electron chi connectivity index (χ4n) is 3.12. The Labute approximate surface area is 131 Å². The average molecular weight is 299 g/mol. The maximum absolute atomic E-state index is 13.8. The molecule has 1 unspecified atom stereocenters. The van der Waals surface area contributed by atoms with E-state index in [1.807, 2.05) is 26.0 Å². The molecule has 0 aliphatic carbocycles. The molecular weight excluding hydrogens is 277 g/mol. The Morgan fingerprint density at radius 1 is 1.27 bits per heavy atom. The van der Waals surface area contributed by atoms with Crippen molar-refractivity contribution in [2.45, 2.75) is 32.6 Å². The largest absolute Gasteiger partial charge is 0.461 e. The van der Waals surface area contributed by atoms with Crippen molar-refractivity contribution >= 4 is 0 Å². The number of halogens is 1. The number of furan rings is 1. The second kappa shape index (κ2) is 5.64. The average Bonchev–Trinajstić information content (AvgIpc) is 2.82. The molecule has 1 saturated heterocycles. The predicted molar refractivity (Wildman–Crippen MR) is 87.3 cm³/mol. The summed E-state index contributed by atoms with van der Waals surface area (Å²) in [6.07, 6.45) is 1.96. The van der Waals surface area contributed by atoms with E-state index in [9.17, 15) is 4.39 Å². The standard InChI is InChI=1S/C19H22FNO/c1-12-9-19(22-14(12)3)18-11-16(20)5-6-17(18)15-7-8-21(4)13(2)10-15/h5-6,9,11,15H,2,7-8,10H2,1,3-4H3. The van der Waals surface area contributed by atoms with Crippen molar-refractivity contribution in [2.24, 2.45) is 0 Å². The van der Waals surface area contributed by atoms with Crippen LogP contribution in [0.1, 0.15) is 35.6 Å². The smallest absolute Gasteiger partial charge is 0.134 e. The molecule has 0 amide bonds. The highest BCUT2D eigenvalue weighted by atomic mass is 19.1. The van der Waals surface area contributed by atoms with E-state index in [1.54, 1.807) is 12.1 Å². The van der Waals surface area contributed by atoms with Crippen LogP contribution < -0.4 is 0 Å². The van der Waals surface area contributed by atoms with Crippen LogP contribution in [0, 0.1) is 19.7 Å². The highest BCUT2D eigenvalue weighted by Gasteiger charge is 2.24. The van der Waals surface area contributed by atoms with Gasteiger partial charge in [-0.2, -0.15) is 0 Å². The maximum atomic E-state index is 13.8. The summed E-state index contributed by atoms with van der Waals surface area (Å²) in [6, 6.07) is 7.04. The molecule has 0 bridgehead atoms. The van der Waals surface area contributed by atoms with Crippen LogP contribution in [0.2, 0.25) is 0 Å². The summed E-state index contributed by atoms with van der Waals surface area (Å²) in [7, 11) is 2.07. The number of nitrogens with zero attached hydrogens (tertiary/aromatic N) is 1. The summed E-state index contributed by atoms with van der Waals surface area (Å²) in [6.45, 7) is 9.07. The number of likely N-dealkylation sites (tertiary alicyclic amines) is 1. The SMILES string of the molecule is C=C1CC(c2ccc(F)cc2-c2cc(C)c(C)o2)CCN1C. The number of benzene rings is 1. The summed E-state index contributed by atoms with van der Waals surface area (Å²) in [4.78, 5) is 2.20. The van der Waals surface area contributed by atoms with Crippen LogP contribution in [-0.4, -0.2) is 18.5 Å². The predicted octanol–water partition coefficient (Wildman–Crippen LogP) is 5.03. The third-order valence-electron chi connectivity index (χ3n) is 4.72. The molecule has 2 aromatic rings. The second-order valence-electron chi connectivity index (χ2n) is 6.26. The van der Waals surface area contributed by atoms with Gasteiger partial charge in [0.05, 0.1) is 0 Å². The first kappa shape index (κ1) is 14.9. The molecule has 1 atom stereocenters. The molecule has 116 valence electrons. The van der Waals surface area contributed by atoms with Gasteiger partial charge < -0.3 is 9.32 Å². The van der Waals surface area contributed by atoms with Crippen molar-refractivity contribution in [3.63, 3.8) is 0 Å². The zero-order chi connectivity index (χ0) is 15.9. The van der Waals surface area contributed by atoms with E-state index in [0.29, 0.717) is 5.92 Å². The zero-order valence-electron chi connectivity index (χ0n) is 13.4. The minimum Gasteiger partial charge on any atom is -0.461 e. The van der Waals surface area contributed by atoms with E-state index in [1.165, 1.54) is 0 Å². The molecule has 1 fully saturated rings. The summed E-state index contributed by atoms with van der Waals surface area (Å²) < 4.78 is 19.6. The molecule has 0 radical (unpaired) electrons. The van der Waals surface area contributed by atoms with Crippen molar-refractivity contribution in [3.8, 4) is 11.3 Å². The molecule has 1 aliphatic rings. The number of allylic oxidation sites excluding steroid dienone is 1. The Hall–Kier alpha value is -2.03. The lowest BCUT2D eigenvalue weighted by Gasteiger charge is -2.33. The van der Waals surface area contributed by atoms with Gasteiger partial charge in [-0.1, -0.05) is 12.6 Å². The van der Waals surface area contributed by atoms with Crippen LogP contribution in [0.4, 0.5) is 4.39 Å². The van der Waals surface area contributed by atoms with Crippen molar-refractivity contribution in [1.82, 2.24) is 4.90 Å². The lowest BCUT2D eigenvalue weighted by molar-refractivity contribution is 0.322. The van der Waals surface area contributed by atoms with E-state index in [-0.39, 0.29) is 5.82 Å². The van der Waals surface area contributed by atoms with Gasteiger partial charge in [0.25, 0.3) is 0 Å². The number of hydrogen-bond acceptors (Lipinski definition) is 2. The van der Waals surface area contributed by atoms with E-state index in [0.717, 1.165) is 53.3 Å². The molecule has 2 nitrogen and oxygen atoms in total. The minimum atomic E-state index is -0.225. The van der Waals surface area contributed by atoms with Crippen molar-refractivity contribution < 1.29 is 8.81 Å². The van der Waals surface area contributed by atoms with E-state index in [4.69, 9.17) is 4.42 Å². The van der Waals surface area contributed by atoms with Crippen LogP contribution in [0.25, 0.3) is 11.3 Å². The Morgan fingerprint density at radius 2 is 2.05 bits per heavy atom. The summed E-state index contributed by atoms with van der Waals surface area (Å²) in [5.74, 6) is 1.79. The molecule has 1 aromatic heterocycles. The molecule has 2 heterocycles. The van der Waals surface area contributed by atoms with Crippen molar-refractivity contribution in [3.05, 3.63) is 59.2 Å². The van der Waals surface area contributed by atoms with Crippen LogP contribution in [0.15, 0.2) is 41.0 Å². The fourth-order valence-corrected chi connectivity index (χ4v) is 3.12. The summed E-state index contributed by atoms with van der Waals surface area (Å²) >= 11 is 0. The monoisotopic (exact) mass is 299 g/mol. The second-order valence-corrected chi connectivity index (χ2v) is 6.26. The van der Waals surface area contributed by atoms with Gasteiger partial charge in [0.1, 0.15) is 17.3 Å². The zero-order valence-corrected chi connectivity index (χ0v) is 13.4. The quantitative estimate of drug-likeness (QED) is 0.773. The Balaban J connectivity index is 2.03. The number of aryl methyl sites for hydroxylation is 2. The van der Waals surface area contributed by atoms with Crippen LogP contribution in [-0.2, 0) is 0 Å². The lowest BCUT2D eigenvalue weighted by atomic mass is 9.85. The molecule has 0 N–H and O–H groups in total. The normalized spacial score (nSPS) is 18.8. The first-order valence-corrected chi connectivity index (χ1v) is 7.71. The molecule has 3 rings (SSSR count). The first-order valence-electron chi connectivity index (χ1n) is 7.71. The first-order chi connectivity index (χ1) is 10.5. The van der Waals surface area contributed by atoms with E-state index in [2.05, 4.69) is 18.5 Å². The third-order valence-corrected chi connectivity index (χ3v) is 4.72. The topological polar surface area (TPSA) is 16.4 Å². The number of piperidine rings is 1. The molecule has 22 heavy (non-hydrogen) atoms. The highest BCUT2D eigenvalue weighted by molar-refractivity contribution is 5.64. The molecule has 0 saturated carbocycles. The highest BCUT2D eigenvalue weighted by Crippen LogP contribution is 2.39. The van der Waals surface area contributed by atoms with Gasteiger partial charge in [0.15, 0.2) is 0 Å². The van der Waals surface area contributed by atoms with Gasteiger partial charge in [-0.25, -0.2) is 4.39 Å². The van der Waals surface area contributed by atoms with Gasteiger partial charge >= 0.3 is 0 Å². The van der Waals surface area contributed by atoms with Crippen LogP contribution in [0.5, 0.6) is 0 Å². The Kier molecular flexibility index (Phi) is 3.81. The molecule has 0 spiro atoms. The lowest BCUT2D eigenvalue weighted by Crippen LogP contribution is -2.27. The van der Waals surface area contributed by atoms with Crippen molar-refractivity contribution in [2.75, 3.05) is 13.6 Å². The molecular formula is C19H22FNO. The molecule has 1 aromatic carbocycles. The molecule has 3 heteroatoms. The van der Waals surface area contributed by atoms with Gasteiger partial charge in [-0.15, -0.1) is 0 Å². The fraction of sp³-hybridized carbons (Fsp3) is 0.368. The van der Waals surface area contributed by atoms with E-state index < -0.39 is 0 Å². The Morgan fingerprint density at radius 3 is 2.68 bits per heavy atom. The number of hydrogen-bond donors (Lipinski definition) is 0. The van der Waals surface area contributed by atoms with Gasteiger partial charge in [-0.05, 0) is 61.9 Å². The van der Waals surface area contributed by atoms with Crippen LogP contribution >= 0.6 is 0 Å². The van der Waals surface area contributed by atoms with Gasteiger partial charge in [0.2, 0.25) is 0 Å². The Bertz CT molecular complexity index is 697.